The van der Waals surface area contributed by atoms with Crippen LogP contribution in [0.5, 0.6) is 0 Å². The molecule has 0 atom stereocenters. The average Bonchev–Trinajstić information content (AvgIpc) is 2.49. The second kappa shape index (κ2) is 4.64. The quantitative estimate of drug-likeness (QED) is 0.496. The topological polar surface area (TPSA) is 35.1 Å². The minimum atomic E-state index is -0.140. The van der Waals surface area contributed by atoms with Gasteiger partial charge in [-0.25, -0.2) is 9.13 Å². The van der Waals surface area contributed by atoms with Crippen molar-refractivity contribution < 1.29 is 14.1 Å². The first-order chi connectivity index (χ1) is 6.22. The van der Waals surface area contributed by atoms with Gasteiger partial charge in [0, 0.05) is 0 Å². The number of nitrogens with zero attached hydrogens (tertiary/aromatic N) is 2. The molecule has 0 aliphatic heterocycles. The summed E-state index contributed by atoms with van der Waals surface area (Å²) in [5.41, 5.74) is 0. The van der Waals surface area contributed by atoms with Gasteiger partial charge in [-0.2, -0.15) is 0 Å². The van der Waals surface area contributed by atoms with Crippen LogP contribution in [-0.4, -0.2) is 17.1 Å². The maximum absolute atomic E-state index is 11.0. The summed E-state index contributed by atoms with van der Waals surface area (Å²) in [6.07, 6.45) is 6.23. The standard InChI is InChI=1S/C9H15N2O2/c1-3-13-9(12)4-5-11-7-6-10(2)8-11/h6-8H,3-5H2,1-2H3/q+1. The molecule has 0 saturated heterocycles. The van der Waals surface area contributed by atoms with Gasteiger partial charge < -0.3 is 4.74 Å². The van der Waals surface area contributed by atoms with Crippen LogP contribution in [0.1, 0.15) is 13.3 Å². The lowest BCUT2D eigenvalue weighted by molar-refractivity contribution is -0.671. The molecule has 13 heavy (non-hydrogen) atoms. The molecule has 0 aliphatic rings. The SMILES string of the molecule is CCOC(=O)CCn1cc[n+](C)c1. The van der Waals surface area contributed by atoms with E-state index in [9.17, 15) is 4.79 Å². The minimum Gasteiger partial charge on any atom is -0.466 e. The number of imidazole rings is 1. The first kappa shape index (κ1) is 9.77. The third-order valence-electron chi connectivity index (χ3n) is 1.70. The van der Waals surface area contributed by atoms with Crippen molar-refractivity contribution >= 4 is 5.97 Å². The number of ether oxygens (including phenoxy) is 1. The normalized spacial score (nSPS) is 10.0. The molecule has 0 N–H and O–H groups in total. The van der Waals surface area contributed by atoms with Crippen LogP contribution in [0.4, 0.5) is 0 Å². The zero-order chi connectivity index (χ0) is 9.68. The molecule has 0 amide bonds. The first-order valence-electron chi connectivity index (χ1n) is 4.39. The Morgan fingerprint density at radius 3 is 2.92 bits per heavy atom. The van der Waals surface area contributed by atoms with Crippen LogP contribution in [-0.2, 0) is 23.1 Å². The fourth-order valence-electron chi connectivity index (χ4n) is 1.09. The van der Waals surface area contributed by atoms with Crippen LogP contribution in [0.2, 0.25) is 0 Å². The zero-order valence-electron chi connectivity index (χ0n) is 8.06. The molecule has 4 nitrogen and oxygen atoms in total. The highest BCUT2D eigenvalue weighted by atomic mass is 16.5. The number of aryl methyl sites for hydroxylation is 2. The Balaban J connectivity index is 2.30. The number of hydrogen-bond donors (Lipinski definition) is 0. The van der Waals surface area contributed by atoms with Crippen LogP contribution in [0.15, 0.2) is 18.7 Å². The van der Waals surface area contributed by atoms with E-state index in [1.54, 1.807) is 0 Å². The monoisotopic (exact) mass is 183 g/mol. The highest BCUT2D eigenvalue weighted by Gasteiger charge is 2.05. The smallest absolute Gasteiger partial charge is 0.309 e. The van der Waals surface area contributed by atoms with Crippen molar-refractivity contribution in [3.05, 3.63) is 18.7 Å². The minimum absolute atomic E-state index is 0.140. The van der Waals surface area contributed by atoms with Crippen LogP contribution in [0.3, 0.4) is 0 Å². The number of carbonyl (C=O) groups is 1. The molecule has 1 aromatic heterocycles. The highest BCUT2D eigenvalue weighted by molar-refractivity contribution is 5.69. The van der Waals surface area contributed by atoms with Crippen molar-refractivity contribution in [1.29, 1.82) is 0 Å². The summed E-state index contributed by atoms with van der Waals surface area (Å²) < 4.78 is 8.70. The molecular formula is C9H15N2O2+. The van der Waals surface area contributed by atoms with Gasteiger partial charge in [-0.15, -0.1) is 0 Å². The molecular weight excluding hydrogens is 168 g/mol. The van der Waals surface area contributed by atoms with Crippen LogP contribution < -0.4 is 4.57 Å². The molecule has 0 bridgehead atoms. The number of hydrogen-bond acceptors (Lipinski definition) is 2. The van der Waals surface area contributed by atoms with E-state index in [1.165, 1.54) is 0 Å². The molecule has 4 heteroatoms. The average molecular weight is 183 g/mol. The van der Waals surface area contributed by atoms with Gasteiger partial charge in [-0.3, -0.25) is 4.79 Å². The predicted molar refractivity (Wildman–Crippen MR) is 46.9 cm³/mol. The van der Waals surface area contributed by atoms with E-state index in [0.717, 1.165) is 0 Å². The van der Waals surface area contributed by atoms with E-state index >= 15 is 0 Å². The summed E-state index contributed by atoms with van der Waals surface area (Å²) in [7, 11) is 1.95. The second-order valence-corrected chi connectivity index (χ2v) is 2.87. The Labute approximate surface area is 77.7 Å². The molecule has 0 fully saturated rings. The van der Waals surface area contributed by atoms with Crippen molar-refractivity contribution in [2.45, 2.75) is 19.9 Å². The summed E-state index contributed by atoms with van der Waals surface area (Å²) in [5.74, 6) is -0.140. The van der Waals surface area contributed by atoms with Crippen LogP contribution >= 0.6 is 0 Å². The van der Waals surface area contributed by atoms with Crippen molar-refractivity contribution in [3.8, 4) is 0 Å². The molecule has 0 aliphatic carbocycles. The molecule has 0 aromatic carbocycles. The van der Waals surface area contributed by atoms with Crippen LogP contribution in [0.25, 0.3) is 0 Å². The molecule has 72 valence electrons. The predicted octanol–water partition coefficient (Wildman–Crippen LogP) is 0.266. The lowest BCUT2D eigenvalue weighted by Gasteiger charge is -1.98. The van der Waals surface area contributed by atoms with Gasteiger partial charge in [0.2, 0.25) is 6.33 Å². The molecule has 1 aromatic rings. The van der Waals surface area contributed by atoms with Gasteiger partial charge in [-0.1, -0.05) is 0 Å². The number of carbonyl (C=O) groups excluding carboxylic acids is 1. The van der Waals surface area contributed by atoms with Gasteiger partial charge in [0.25, 0.3) is 0 Å². The summed E-state index contributed by atoms with van der Waals surface area (Å²) in [4.78, 5) is 11.0. The third-order valence-corrected chi connectivity index (χ3v) is 1.70. The summed E-state index contributed by atoms with van der Waals surface area (Å²) >= 11 is 0. The van der Waals surface area contributed by atoms with E-state index in [1.807, 2.05) is 41.8 Å². The van der Waals surface area contributed by atoms with E-state index in [-0.39, 0.29) is 5.97 Å². The van der Waals surface area contributed by atoms with E-state index in [2.05, 4.69) is 0 Å². The number of aromatic nitrogens is 2. The van der Waals surface area contributed by atoms with E-state index in [4.69, 9.17) is 4.74 Å². The van der Waals surface area contributed by atoms with Gasteiger partial charge in [0.1, 0.15) is 18.9 Å². The van der Waals surface area contributed by atoms with Crippen molar-refractivity contribution in [2.24, 2.45) is 7.05 Å². The Bertz CT molecular complexity index is 281. The fourth-order valence-corrected chi connectivity index (χ4v) is 1.09. The van der Waals surface area contributed by atoms with E-state index in [0.29, 0.717) is 19.6 Å². The maximum Gasteiger partial charge on any atom is 0.309 e. The largest absolute Gasteiger partial charge is 0.466 e. The summed E-state index contributed by atoms with van der Waals surface area (Å²) in [6, 6.07) is 0. The van der Waals surface area contributed by atoms with Gasteiger partial charge >= 0.3 is 5.97 Å². The van der Waals surface area contributed by atoms with E-state index < -0.39 is 0 Å². The Morgan fingerprint density at radius 1 is 1.62 bits per heavy atom. The Morgan fingerprint density at radius 2 is 2.38 bits per heavy atom. The number of rotatable bonds is 4. The van der Waals surface area contributed by atoms with Crippen molar-refractivity contribution in [1.82, 2.24) is 4.57 Å². The molecule has 0 radical (unpaired) electrons. The first-order valence-corrected chi connectivity index (χ1v) is 4.39. The fraction of sp³-hybridized carbons (Fsp3) is 0.556. The van der Waals surface area contributed by atoms with Crippen molar-refractivity contribution in [3.63, 3.8) is 0 Å². The molecule has 0 unspecified atom stereocenters. The Kier molecular flexibility index (Phi) is 3.49. The molecule has 1 rings (SSSR count). The molecule has 1 heterocycles. The van der Waals surface area contributed by atoms with Gasteiger partial charge in [-0.05, 0) is 6.92 Å². The third kappa shape index (κ3) is 3.27. The lowest BCUT2D eigenvalue weighted by Crippen LogP contribution is -2.24. The van der Waals surface area contributed by atoms with Crippen molar-refractivity contribution in [2.75, 3.05) is 6.61 Å². The molecule has 0 spiro atoms. The summed E-state index contributed by atoms with van der Waals surface area (Å²) in [5, 5.41) is 0. The molecule has 0 saturated carbocycles. The second-order valence-electron chi connectivity index (χ2n) is 2.87. The number of esters is 1. The Hall–Kier alpha value is -1.32. The zero-order valence-corrected chi connectivity index (χ0v) is 8.06. The van der Waals surface area contributed by atoms with Crippen LogP contribution in [0, 0.1) is 0 Å². The lowest BCUT2D eigenvalue weighted by atomic mass is 10.4. The van der Waals surface area contributed by atoms with Gasteiger partial charge in [0.05, 0.1) is 20.1 Å². The highest BCUT2D eigenvalue weighted by Crippen LogP contribution is 1.91. The maximum atomic E-state index is 11.0. The summed E-state index contributed by atoms with van der Waals surface area (Å²) in [6.45, 7) is 2.95. The van der Waals surface area contributed by atoms with Gasteiger partial charge in [0.15, 0.2) is 0 Å².